The molecule has 0 spiro atoms. The van der Waals surface area contributed by atoms with E-state index in [-0.39, 0.29) is 18.2 Å². The third-order valence-electron chi connectivity index (χ3n) is 4.10. The second-order valence-electron chi connectivity index (χ2n) is 6.13. The SMILES string of the molecule is CC(C)Oc1ccccc1CNC1(CO)CCCCC1. The third kappa shape index (κ3) is 3.97. The van der Waals surface area contributed by atoms with Gasteiger partial charge in [-0.25, -0.2) is 0 Å². The van der Waals surface area contributed by atoms with Crippen LogP contribution in [0.3, 0.4) is 0 Å². The summed E-state index contributed by atoms with van der Waals surface area (Å²) in [6.07, 6.45) is 6.01. The summed E-state index contributed by atoms with van der Waals surface area (Å²) in [7, 11) is 0. The standard InChI is InChI=1S/C17H27NO2/c1-14(2)20-16-9-5-4-8-15(16)12-18-17(13-19)10-6-3-7-11-17/h4-5,8-9,14,18-19H,3,6-7,10-13H2,1-2H3. The van der Waals surface area contributed by atoms with E-state index < -0.39 is 0 Å². The van der Waals surface area contributed by atoms with E-state index in [0.717, 1.165) is 25.1 Å². The third-order valence-corrected chi connectivity index (χ3v) is 4.10. The van der Waals surface area contributed by atoms with Gasteiger partial charge in [0.1, 0.15) is 5.75 Å². The fourth-order valence-corrected chi connectivity index (χ4v) is 2.92. The van der Waals surface area contributed by atoms with Gasteiger partial charge >= 0.3 is 0 Å². The molecule has 1 fully saturated rings. The van der Waals surface area contributed by atoms with Crippen molar-refractivity contribution in [3.05, 3.63) is 29.8 Å². The Labute approximate surface area is 122 Å². The summed E-state index contributed by atoms with van der Waals surface area (Å²) in [5.41, 5.74) is 1.07. The lowest BCUT2D eigenvalue weighted by atomic mass is 9.82. The van der Waals surface area contributed by atoms with Gasteiger partial charge in [-0.2, -0.15) is 0 Å². The molecule has 0 aliphatic heterocycles. The Kier molecular flexibility index (Phi) is 5.44. The van der Waals surface area contributed by atoms with Crippen molar-refractivity contribution < 1.29 is 9.84 Å². The molecule has 2 rings (SSSR count). The fraction of sp³-hybridized carbons (Fsp3) is 0.647. The van der Waals surface area contributed by atoms with Crippen LogP contribution >= 0.6 is 0 Å². The Morgan fingerprint density at radius 3 is 2.55 bits per heavy atom. The Hall–Kier alpha value is -1.06. The first-order valence-electron chi connectivity index (χ1n) is 7.76. The molecule has 0 amide bonds. The summed E-state index contributed by atoms with van der Waals surface area (Å²) in [6.45, 7) is 5.06. The highest BCUT2D eigenvalue weighted by atomic mass is 16.5. The summed E-state index contributed by atoms with van der Waals surface area (Å²) in [4.78, 5) is 0. The average molecular weight is 277 g/mol. The Balaban J connectivity index is 2.02. The molecule has 1 saturated carbocycles. The van der Waals surface area contributed by atoms with Crippen LogP contribution in [-0.4, -0.2) is 23.4 Å². The average Bonchev–Trinajstić information content (AvgIpc) is 2.47. The Morgan fingerprint density at radius 1 is 1.20 bits per heavy atom. The maximum Gasteiger partial charge on any atom is 0.124 e. The van der Waals surface area contributed by atoms with E-state index in [9.17, 15) is 5.11 Å². The number of aliphatic hydroxyl groups excluding tert-OH is 1. The van der Waals surface area contributed by atoms with Crippen LogP contribution in [0.4, 0.5) is 0 Å². The molecule has 0 aromatic heterocycles. The molecule has 2 N–H and O–H groups in total. The largest absolute Gasteiger partial charge is 0.491 e. The quantitative estimate of drug-likeness (QED) is 0.838. The molecule has 0 bridgehead atoms. The minimum atomic E-state index is -0.0941. The number of hydrogen-bond acceptors (Lipinski definition) is 3. The number of para-hydroxylation sites is 1. The normalized spacial score (nSPS) is 18.2. The number of ether oxygens (including phenoxy) is 1. The maximum atomic E-state index is 9.74. The summed E-state index contributed by atoms with van der Waals surface area (Å²) >= 11 is 0. The van der Waals surface area contributed by atoms with E-state index in [0.29, 0.717) is 0 Å². The lowest BCUT2D eigenvalue weighted by Crippen LogP contribution is -2.49. The summed E-state index contributed by atoms with van der Waals surface area (Å²) in [6, 6.07) is 8.16. The van der Waals surface area contributed by atoms with Gasteiger partial charge in [0.05, 0.1) is 12.7 Å². The van der Waals surface area contributed by atoms with Gasteiger partial charge in [0.2, 0.25) is 0 Å². The molecule has 0 atom stereocenters. The van der Waals surface area contributed by atoms with Gasteiger partial charge in [0, 0.05) is 17.6 Å². The predicted octanol–water partition coefficient (Wildman–Crippen LogP) is 3.26. The van der Waals surface area contributed by atoms with E-state index in [1.807, 2.05) is 32.0 Å². The minimum Gasteiger partial charge on any atom is -0.491 e. The van der Waals surface area contributed by atoms with Gasteiger partial charge in [0.15, 0.2) is 0 Å². The van der Waals surface area contributed by atoms with Crippen LogP contribution < -0.4 is 10.1 Å². The molecular weight excluding hydrogens is 250 g/mol. The highest BCUT2D eigenvalue weighted by Gasteiger charge is 2.30. The summed E-state index contributed by atoms with van der Waals surface area (Å²) in [5, 5.41) is 13.3. The van der Waals surface area contributed by atoms with Gasteiger partial charge < -0.3 is 15.2 Å². The van der Waals surface area contributed by atoms with E-state index in [1.165, 1.54) is 24.8 Å². The zero-order chi connectivity index (χ0) is 14.4. The zero-order valence-electron chi connectivity index (χ0n) is 12.7. The smallest absolute Gasteiger partial charge is 0.124 e. The highest BCUT2D eigenvalue weighted by Crippen LogP contribution is 2.29. The second kappa shape index (κ2) is 7.09. The van der Waals surface area contributed by atoms with E-state index in [1.54, 1.807) is 0 Å². The van der Waals surface area contributed by atoms with Crippen molar-refractivity contribution in [2.75, 3.05) is 6.61 Å². The lowest BCUT2D eigenvalue weighted by Gasteiger charge is -2.37. The molecular formula is C17H27NO2. The van der Waals surface area contributed by atoms with Crippen molar-refractivity contribution in [3.63, 3.8) is 0 Å². The molecule has 112 valence electrons. The molecule has 3 nitrogen and oxygen atoms in total. The van der Waals surface area contributed by atoms with Crippen LogP contribution in [0.2, 0.25) is 0 Å². The van der Waals surface area contributed by atoms with Crippen LogP contribution in [0.25, 0.3) is 0 Å². The predicted molar refractivity (Wildman–Crippen MR) is 81.9 cm³/mol. The number of hydrogen-bond donors (Lipinski definition) is 2. The molecule has 1 aromatic carbocycles. The first-order valence-corrected chi connectivity index (χ1v) is 7.76. The molecule has 0 radical (unpaired) electrons. The first kappa shape index (κ1) is 15.3. The van der Waals surface area contributed by atoms with Crippen molar-refractivity contribution in [1.82, 2.24) is 5.32 Å². The van der Waals surface area contributed by atoms with Crippen molar-refractivity contribution in [3.8, 4) is 5.75 Å². The van der Waals surface area contributed by atoms with E-state index in [2.05, 4.69) is 11.4 Å². The molecule has 0 unspecified atom stereocenters. The first-order chi connectivity index (χ1) is 9.65. The molecule has 1 aliphatic rings. The molecule has 1 aromatic rings. The van der Waals surface area contributed by atoms with Crippen molar-refractivity contribution >= 4 is 0 Å². The van der Waals surface area contributed by atoms with E-state index >= 15 is 0 Å². The van der Waals surface area contributed by atoms with Crippen LogP contribution in [0.15, 0.2) is 24.3 Å². The van der Waals surface area contributed by atoms with Gasteiger partial charge in [-0.3, -0.25) is 0 Å². The molecule has 0 heterocycles. The van der Waals surface area contributed by atoms with Gasteiger partial charge in [0.25, 0.3) is 0 Å². The fourth-order valence-electron chi connectivity index (χ4n) is 2.92. The Bertz CT molecular complexity index is 411. The van der Waals surface area contributed by atoms with Crippen molar-refractivity contribution in [1.29, 1.82) is 0 Å². The molecule has 1 aliphatic carbocycles. The summed E-state index contributed by atoms with van der Waals surface area (Å²) < 4.78 is 5.85. The topological polar surface area (TPSA) is 41.5 Å². The monoisotopic (exact) mass is 277 g/mol. The molecule has 0 saturated heterocycles. The van der Waals surface area contributed by atoms with Gasteiger partial charge in [-0.1, -0.05) is 37.5 Å². The van der Waals surface area contributed by atoms with Crippen LogP contribution in [0, 0.1) is 0 Å². The highest BCUT2D eigenvalue weighted by molar-refractivity contribution is 5.33. The van der Waals surface area contributed by atoms with Gasteiger partial charge in [-0.15, -0.1) is 0 Å². The Morgan fingerprint density at radius 2 is 1.90 bits per heavy atom. The second-order valence-corrected chi connectivity index (χ2v) is 6.13. The molecule has 20 heavy (non-hydrogen) atoms. The lowest BCUT2D eigenvalue weighted by molar-refractivity contribution is 0.119. The van der Waals surface area contributed by atoms with E-state index in [4.69, 9.17) is 4.74 Å². The minimum absolute atomic E-state index is 0.0941. The van der Waals surface area contributed by atoms with Crippen molar-refractivity contribution in [2.45, 2.75) is 64.1 Å². The maximum absolute atomic E-state index is 9.74. The summed E-state index contributed by atoms with van der Waals surface area (Å²) in [5.74, 6) is 0.943. The van der Waals surface area contributed by atoms with Crippen molar-refractivity contribution in [2.24, 2.45) is 0 Å². The number of nitrogens with one attached hydrogen (secondary N) is 1. The van der Waals surface area contributed by atoms with Crippen LogP contribution in [0.5, 0.6) is 5.75 Å². The van der Waals surface area contributed by atoms with Gasteiger partial charge in [-0.05, 0) is 32.8 Å². The zero-order valence-corrected chi connectivity index (χ0v) is 12.7. The number of aliphatic hydroxyl groups is 1. The molecule has 3 heteroatoms. The number of benzene rings is 1. The van der Waals surface area contributed by atoms with Crippen LogP contribution in [0.1, 0.15) is 51.5 Å². The van der Waals surface area contributed by atoms with Crippen LogP contribution in [-0.2, 0) is 6.54 Å². The number of rotatable bonds is 6.